The van der Waals surface area contributed by atoms with Gasteiger partial charge in [0.25, 0.3) is 5.91 Å². The Morgan fingerprint density at radius 1 is 0.976 bits per heavy atom. The monoisotopic (exact) mass is 579 g/mol. The van der Waals surface area contributed by atoms with Gasteiger partial charge >= 0.3 is 0 Å². The molecule has 0 fully saturated rings. The molecule has 228 valence electrons. The third-order valence-electron chi connectivity index (χ3n) is 6.94. The fourth-order valence-electron chi connectivity index (χ4n) is 4.80. The number of rotatable bonds is 10. The van der Waals surface area contributed by atoms with Gasteiger partial charge in [-0.1, -0.05) is 56.3 Å². The number of hydrogen-bond donors (Lipinski definition) is 4. The minimum atomic E-state index is -1.13. The summed E-state index contributed by atoms with van der Waals surface area (Å²) in [5.74, 6) is -1.35. The molecule has 10 heteroatoms. The standard InChI is InChI=1S/C32H45N5O5/c1-22(2)18-26-32(41)34-24(19-23-12-6-5-7-13-23)21-42-28-15-9-8-14-25(28)30(39)36-27(20-29(38)35-26)31(40)33-16-10-11-17-37(3)4/h5-9,12-15,22,24,26-27H,10-11,16-21H2,1-4H3,(H,33,40)(H,34,41)(H,35,38)(H,36,39)/t24-,26+,27+/m1/s1. The van der Waals surface area contributed by atoms with Crippen molar-refractivity contribution in [2.75, 3.05) is 33.8 Å². The molecule has 0 spiro atoms. The van der Waals surface area contributed by atoms with Gasteiger partial charge in [-0.05, 0) is 69.9 Å². The van der Waals surface area contributed by atoms with Crippen molar-refractivity contribution >= 4 is 23.6 Å². The van der Waals surface area contributed by atoms with Gasteiger partial charge in [0, 0.05) is 6.54 Å². The van der Waals surface area contributed by atoms with Crippen molar-refractivity contribution in [3.05, 3.63) is 65.7 Å². The zero-order valence-corrected chi connectivity index (χ0v) is 25.2. The van der Waals surface area contributed by atoms with E-state index in [1.165, 1.54) is 0 Å². The Morgan fingerprint density at radius 2 is 1.69 bits per heavy atom. The van der Waals surface area contributed by atoms with Gasteiger partial charge in [-0.3, -0.25) is 19.2 Å². The third kappa shape index (κ3) is 10.8. The highest BCUT2D eigenvalue weighted by Gasteiger charge is 2.30. The minimum absolute atomic E-state index is 0.101. The molecule has 0 unspecified atom stereocenters. The molecule has 0 bridgehead atoms. The van der Waals surface area contributed by atoms with Crippen molar-refractivity contribution in [1.29, 1.82) is 0 Å². The van der Waals surface area contributed by atoms with Gasteiger partial charge in [0.1, 0.15) is 24.4 Å². The second kappa shape index (κ2) is 16.5. The SMILES string of the molecule is CC(C)C[C@@H]1NC(=O)C[C@@H](C(=O)NCCCCN(C)C)NC(=O)c2ccccc2OC[C@@H](Cc2ccccc2)NC1=O. The number of nitrogens with one attached hydrogen (secondary N) is 4. The van der Waals surface area contributed by atoms with Gasteiger partial charge in [-0.2, -0.15) is 0 Å². The molecule has 0 saturated heterocycles. The molecule has 2 aromatic rings. The van der Waals surface area contributed by atoms with Crippen LogP contribution in [-0.2, 0) is 20.8 Å². The predicted octanol–water partition coefficient (Wildman–Crippen LogP) is 2.28. The quantitative estimate of drug-likeness (QED) is 0.320. The topological polar surface area (TPSA) is 129 Å². The second-order valence-corrected chi connectivity index (χ2v) is 11.5. The van der Waals surface area contributed by atoms with Gasteiger partial charge in [0.2, 0.25) is 17.7 Å². The largest absolute Gasteiger partial charge is 0.491 e. The number of carbonyl (C=O) groups is 4. The molecule has 1 aliphatic heterocycles. The van der Waals surface area contributed by atoms with E-state index in [0.29, 0.717) is 25.1 Å². The summed E-state index contributed by atoms with van der Waals surface area (Å²) in [6.07, 6.45) is 2.25. The number of benzene rings is 2. The van der Waals surface area contributed by atoms with Crippen LogP contribution >= 0.6 is 0 Å². The summed E-state index contributed by atoms with van der Waals surface area (Å²) in [7, 11) is 3.97. The lowest BCUT2D eigenvalue weighted by molar-refractivity contribution is -0.131. The molecule has 4 amide bonds. The van der Waals surface area contributed by atoms with E-state index in [1.54, 1.807) is 24.3 Å². The lowest BCUT2D eigenvalue weighted by Gasteiger charge is -2.27. The summed E-state index contributed by atoms with van der Waals surface area (Å²) in [5, 5.41) is 11.5. The van der Waals surface area contributed by atoms with Crippen molar-refractivity contribution in [3.8, 4) is 5.75 Å². The summed E-state index contributed by atoms with van der Waals surface area (Å²) < 4.78 is 6.11. The maximum Gasteiger partial charge on any atom is 0.255 e. The van der Waals surface area contributed by atoms with Gasteiger partial charge in [-0.25, -0.2) is 0 Å². The molecule has 0 radical (unpaired) electrons. The zero-order chi connectivity index (χ0) is 30.5. The van der Waals surface area contributed by atoms with E-state index in [1.807, 2.05) is 58.3 Å². The molecule has 1 aliphatic rings. The minimum Gasteiger partial charge on any atom is -0.491 e. The first-order valence-corrected chi connectivity index (χ1v) is 14.7. The molecule has 4 N–H and O–H groups in total. The van der Waals surface area contributed by atoms with Crippen LogP contribution in [0.2, 0.25) is 0 Å². The van der Waals surface area contributed by atoms with Crippen LogP contribution in [0.5, 0.6) is 5.75 Å². The Morgan fingerprint density at radius 3 is 2.40 bits per heavy atom. The Labute approximate surface area is 249 Å². The average Bonchev–Trinajstić information content (AvgIpc) is 2.94. The van der Waals surface area contributed by atoms with E-state index in [2.05, 4.69) is 26.2 Å². The van der Waals surface area contributed by atoms with Crippen LogP contribution in [0.4, 0.5) is 0 Å². The number of carbonyl (C=O) groups excluding carboxylic acids is 4. The van der Waals surface area contributed by atoms with Crippen LogP contribution in [0.25, 0.3) is 0 Å². The number of hydrogen-bond acceptors (Lipinski definition) is 6. The van der Waals surface area contributed by atoms with Crippen LogP contribution in [0.1, 0.15) is 55.5 Å². The fraction of sp³-hybridized carbons (Fsp3) is 0.500. The molecule has 3 atom stereocenters. The van der Waals surface area contributed by atoms with Crippen molar-refractivity contribution in [2.45, 2.75) is 64.1 Å². The van der Waals surface area contributed by atoms with Gasteiger partial charge in [-0.15, -0.1) is 0 Å². The van der Waals surface area contributed by atoms with Crippen LogP contribution in [0.15, 0.2) is 54.6 Å². The van der Waals surface area contributed by atoms with E-state index in [-0.39, 0.29) is 30.4 Å². The first-order chi connectivity index (χ1) is 20.1. The molecule has 0 saturated carbocycles. The number of nitrogens with zero attached hydrogens (tertiary/aromatic N) is 1. The number of fused-ring (bicyclic) bond motifs is 1. The molecular weight excluding hydrogens is 534 g/mol. The highest BCUT2D eigenvalue weighted by Crippen LogP contribution is 2.19. The highest BCUT2D eigenvalue weighted by molar-refractivity contribution is 6.01. The van der Waals surface area contributed by atoms with E-state index >= 15 is 0 Å². The first-order valence-electron chi connectivity index (χ1n) is 14.7. The molecule has 3 rings (SSSR count). The Bertz CT molecular complexity index is 1190. The summed E-state index contributed by atoms with van der Waals surface area (Å²) in [6, 6.07) is 14.1. The molecule has 42 heavy (non-hydrogen) atoms. The summed E-state index contributed by atoms with van der Waals surface area (Å²) in [5.41, 5.74) is 1.25. The van der Waals surface area contributed by atoms with Crippen LogP contribution < -0.4 is 26.0 Å². The smallest absolute Gasteiger partial charge is 0.255 e. The number of amides is 4. The fourth-order valence-corrected chi connectivity index (χ4v) is 4.80. The van der Waals surface area contributed by atoms with E-state index < -0.39 is 35.8 Å². The number of unbranched alkanes of at least 4 members (excludes halogenated alkanes) is 1. The lowest BCUT2D eigenvalue weighted by atomic mass is 10.0. The maximum absolute atomic E-state index is 13.5. The van der Waals surface area contributed by atoms with Crippen LogP contribution in [0.3, 0.4) is 0 Å². The van der Waals surface area contributed by atoms with Gasteiger partial charge in [0.15, 0.2) is 0 Å². The molecule has 0 aromatic heterocycles. The molecule has 0 aliphatic carbocycles. The predicted molar refractivity (Wildman–Crippen MR) is 162 cm³/mol. The summed E-state index contributed by atoms with van der Waals surface area (Å²) >= 11 is 0. The summed E-state index contributed by atoms with van der Waals surface area (Å²) in [6.45, 7) is 5.35. The Kier molecular flexibility index (Phi) is 12.8. The second-order valence-electron chi connectivity index (χ2n) is 11.5. The highest BCUT2D eigenvalue weighted by atomic mass is 16.5. The normalized spacial score (nSPS) is 20.0. The van der Waals surface area contributed by atoms with E-state index in [0.717, 1.165) is 24.9 Å². The van der Waals surface area contributed by atoms with Crippen molar-refractivity contribution in [1.82, 2.24) is 26.2 Å². The van der Waals surface area contributed by atoms with E-state index in [4.69, 9.17) is 4.74 Å². The average molecular weight is 580 g/mol. The van der Waals surface area contributed by atoms with Crippen molar-refractivity contribution < 1.29 is 23.9 Å². The number of ether oxygens (including phenoxy) is 1. The molecule has 1 heterocycles. The van der Waals surface area contributed by atoms with Crippen molar-refractivity contribution in [3.63, 3.8) is 0 Å². The molecule has 10 nitrogen and oxygen atoms in total. The summed E-state index contributed by atoms with van der Waals surface area (Å²) in [4.78, 5) is 55.3. The lowest BCUT2D eigenvalue weighted by Crippen LogP contribution is -2.54. The maximum atomic E-state index is 13.5. The van der Waals surface area contributed by atoms with Gasteiger partial charge < -0.3 is 30.9 Å². The molecule has 2 aromatic carbocycles. The molecular formula is C32H45N5O5. The van der Waals surface area contributed by atoms with E-state index in [9.17, 15) is 19.2 Å². The third-order valence-corrected chi connectivity index (χ3v) is 6.94. The number of para-hydroxylation sites is 1. The van der Waals surface area contributed by atoms with Crippen LogP contribution in [-0.4, -0.2) is 80.4 Å². The Hall–Kier alpha value is -3.92. The first kappa shape index (κ1) is 32.6. The van der Waals surface area contributed by atoms with Crippen molar-refractivity contribution in [2.24, 2.45) is 5.92 Å². The zero-order valence-electron chi connectivity index (χ0n) is 25.2. The Balaban J connectivity index is 1.86. The van der Waals surface area contributed by atoms with Crippen LogP contribution in [0, 0.1) is 5.92 Å². The van der Waals surface area contributed by atoms with Gasteiger partial charge in [0.05, 0.1) is 18.0 Å².